The fourth-order valence-electron chi connectivity index (χ4n) is 3.58. The van der Waals surface area contributed by atoms with Crippen molar-refractivity contribution in [2.75, 3.05) is 18.5 Å². The number of fused-ring (bicyclic) bond motifs is 1. The van der Waals surface area contributed by atoms with Crippen molar-refractivity contribution in [1.29, 1.82) is 0 Å². The van der Waals surface area contributed by atoms with E-state index in [4.69, 9.17) is 4.74 Å². The molecule has 3 aromatic rings. The third-order valence-electron chi connectivity index (χ3n) is 5.46. The zero-order valence-electron chi connectivity index (χ0n) is 16.4. The number of hydrogen-bond donors (Lipinski definition) is 2. The normalized spacial score (nSPS) is 18.9. The maximum Gasteiger partial charge on any atom is 0.251 e. The number of ether oxygens (including phenoxy) is 1. The topological polar surface area (TPSA) is 76.1 Å². The lowest BCUT2D eigenvalue weighted by Gasteiger charge is -2.10. The number of thiophene rings is 1. The van der Waals surface area contributed by atoms with Crippen LogP contribution in [0.5, 0.6) is 0 Å². The molecule has 150 valence electrons. The molecule has 7 heteroatoms. The molecule has 2 fully saturated rings. The van der Waals surface area contributed by atoms with Gasteiger partial charge in [-0.25, -0.2) is 9.97 Å². The van der Waals surface area contributed by atoms with Crippen LogP contribution < -0.4 is 10.6 Å². The Kier molecular flexibility index (Phi) is 4.93. The summed E-state index contributed by atoms with van der Waals surface area (Å²) in [6.45, 7) is 3.65. The van der Waals surface area contributed by atoms with Gasteiger partial charge in [0.05, 0.1) is 6.10 Å². The molecule has 2 aromatic heterocycles. The second-order valence-electron chi connectivity index (χ2n) is 7.86. The summed E-state index contributed by atoms with van der Waals surface area (Å²) >= 11 is 1.63. The van der Waals surface area contributed by atoms with Crippen LogP contribution in [0.4, 0.5) is 5.95 Å². The fourth-order valence-corrected chi connectivity index (χ4v) is 4.67. The van der Waals surface area contributed by atoms with Gasteiger partial charge in [0.2, 0.25) is 5.95 Å². The molecule has 0 bridgehead atoms. The van der Waals surface area contributed by atoms with E-state index < -0.39 is 0 Å². The summed E-state index contributed by atoms with van der Waals surface area (Å²) in [5.41, 5.74) is 2.93. The molecule has 1 saturated heterocycles. The first-order valence-corrected chi connectivity index (χ1v) is 11.0. The van der Waals surface area contributed by atoms with Crippen molar-refractivity contribution in [2.24, 2.45) is 0 Å². The summed E-state index contributed by atoms with van der Waals surface area (Å²) in [5.74, 6) is 0.644. The van der Waals surface area contributed by atoms with Crippen LogP contribution in [0.15, 0.2) is 30.5 Å². The molecular weight excluding hydrogens is 384 g/mol. The van der Waals surface area contributed by atoms with Crippen molar-refractivity contribution in [3.05, 3.63) is 41.6 Å². The van der Waals surface area contributed by atoms with Gasteiger partial charge in [0.25, 0.3) is 5.91 Å². The Morgan fingerprint density at radius 1 is 1.28 bits per heavy atom. The smallest absolute Gasteiger partial charge is 0.251 e. The average Bonchev–Trinajstić information content (AvgIpc) is 3.21. The number of carbonyl (C=O) groups is 1. The number of benzene rings is 1. The van der Waals surface area contributed by atoms with E-state index in [2.05, 4.69) is 33.6 Å². The predicted octanol–water partition coefficient (Wildman–Crippen LogP) is 4.15. The van der Waals surface area contributed by atoms with E-state index in [9.17, 15) is 4.79 Å². The quantitative estimate of drug-likeness (QED) is 0.641. The summed E-state index contributed by atoms with van der Waals surface area (Å²) in [6, 6.07) is 8.36. The van der Waals surface area contributed by atoms with Crippen LogP contribution >= 0.6 is 11.3 Å². The van der Waals surface area contributed by atoms with Crippen LogP contribution in [0.3, 0.4) is 0 Å². The van der Waals surface area contributed by atoms with Crippen LogP contribution in [0.1, 0.15) is 41.6 Å². The standard InChI is InChI=1S/C22H24N4O2S/c1-13-4-5-14(20(27)25-16-6-7-16)9-18(13)19-10-15-11-23-22(26-21(15)29-19)24-12-17-3-2-8-28-17/h4-5,9-11,16-17H,2-3,6-8,12H2,1H3,(H,25,27)(H,23,24,26). The van der Waals surface area contributed by atoms with E-state index in [0.717, 1.165) is 65.1 Å². The Morgan fingerprint density at radius 3 is 2.97 bits per heavy atom. The van der Waals surface area contributed by atoms with Gasteiger partial charge in [-0.3, -0.25) is 4.79 Å². The molecule has 6 nitrogen and oxygen atoms in total. The molecular formula is C22H24N4O2S. The molecule has 1 saturated carbocycles. The lowest BCUT2D eigenvalue weighted by Crippen LogP contribution is -2.25. The summed E-state index contributed by atoms with van der Waals surface area (Å²) < 4.78 is 5.65. The van der Waals surface area contributed by atoms with Crippen LogP contribution in [-0.4, -0.2) is 41.2 Å². The Hall–Kier alpha value is -2.51. The third kappa shape index (κ3) is 4.11. The minimum Gasteiger partial charge on any atom is -0.376 e. The molecule has 0 spiro atoms. The summed E-state index contributed by atoms with van der Waals surface area (Å²) in [6.07, 6.45) is 6.49. The molecule has 1 aromatic carbocycles. The minimum absolute atomic E-state index is 0.00951. The van der Waals surface area contributed by atoms with Gasteiger partial charge in [-0.05, 0) is 61.9 Å². The van der Waals surface area contributed by atoms with E-state index in [-0.39, 0.29) is 12.0 Å². The highest BCUT2D eigenvalue weighted by Gasteiger charge is 2.24. The predicted molar refractivity (Wildman–Crippen MR) is 116 cm³/mol. The molecule has 1 atom stereocenters. The van der Waals surface area contributed by atoms with Gasteiger partial charge in [0.1, 0.15) is 4.83 Å². The molecule has 1 unspecified atom stereocenters. The van der Waals surface area contributed by atoms with Crippen molar-refractivity contribution < 1.29 is 9.53 Å². The Labute approximate surface area is 173 Å². The van der Waals surface area contributed by atoms with Gasteiger partial charge in [-0.2, -0.15) is 0 Å². The maximum atomic E-state index is 12.4. The molecule has 2 aliphatic rings. The SMILES string of the molecule is Cc1ccc(C(=O)NC2CC2)cc1-c1cc2cnc(NCC3CCCO3)nc2s1. The number of amides is 1. The van der Waals surface area contributed by atoms with Gasteiger partial charge in [-0.1, -0.05) is 6.07 Å². The largest absolute Gasteiger partial charge is 0.376 e. The Bertz CT molecular complexity index is 1050. The number of aromatic nitrogens is 2. The van der Waals surface area contributed by atoms with Crippen LogP contribution in [0, 0.1) is 6.92 Å². The molecule has 1 amide bonds. The highest BCUT2D eigenvalue weighted by molar-refractivity contribution is 7.21. The first-order chi connectivity index (χ1) is 14.2. The highest BCUT2D eigenvalue weighted by atomic mass is 32.1. The van der Waals surface area contributed by atoms with Crippen molar-refractivity contribution in [3.63, 3.8) is 0 Å². The number of carbonyl (C=O) groups excluding carboxylic acids is 1. The number of hydrogen-bond acceptors (Lipinski definition) is 6. The van der Waals surface area contributed by atoms with Crippen molar-refractivity contribution in [1.82, 2.24) is 15.3 Å². The van der Waals surface area contributed by atoms with E-state index in [1.807, 2.05) is 24.4 Å². The summed E-state index contributed by atoms with van der Waals surface area (Å²) in [4.78, 5) is 23.6. The number of anilines is 1. The third-order valence-corrected chi connectivity index (χ3v) is 6.54. The van der Waals surface area contributed by atoms with E-state index >= 15 is 0 Å². The van der Waals surface area contributed by atoms with E-state index in [0.29, 0.717) is 17.6 Å². The van der Waals surface area contributed by atoms with Crippen LogP contribution in [0.2, 0.25) is 0 Å². The molecule has 2 N–H and O–H groups in total. The fraction of sp³-hybridized carbons (Fsp3) is 0.409. The van der Waals surface area contributed by atoms with Gasteiger partial charge >= 0.3 is 0 Å². The second-order valence-corrected chi connectivity index (χ2v) is 8.89. The summed E-state index contributed by atoms with van der Waals surface area (Å²) in [5, 5.41) is 7.37. The molecule has 29 heavy (non-hydrogen) atoms. The van der Waals surface area contributed by atoms with Crippen molar-refractivity contribution >= 4 is 33.4 Å². The number of rotatable bonds is 6. The van der Waals surface area contributed by atoms with Gasteiger partial charge < -0.3 is 15.4 Å². The zero-order valence-corrected chi connectivity index (χ0v) is 17.2. The number of nitrogens with one attached hydrogen (secondary N) is 2. The molecule has 3 heterocycles. The number of nitrogens with zero attached hydrogens (tertiary/aromatic N) is 2. The zero-order chi connectivity index (χ0) is 19.8. The Morgan fingerprint density at radius 2 is 2.17 bits per heavy atom. The van der Waals surface area contributed by atoms with Gasteiger partial charge in [-0.15, -0.1) is 11.3 Å². The van der Waals surface area contributed by atoms with Crippen LogP contribution in [-0.2, 0) is 4.74 Å². The first kappa shape index (κ1) is 18.5. The maximum absolute atomic E-state index is 12.4. The van der Waals surface area contributed by atoms with E-state index in [1.54, 1.807) is 11.3 Å². The van der Waals surface area contributed by atoms with Gasteiger partial charge in [0.15, 0.2) is 0 Å². The average molecular weight is 409 g/mol. The second kappa shape index (κ2) is 7.72. The highest BCUT2D eigenvalue weighted by Crippen LogP contribution is 2.35. The molecule has 1 aliphatic heterocycles. The first-order valence-electron chi connectivity index (χ1n) is 10.2. The molecule has 0 radical (unpaired) electrons. The summed E-state index contributed by atoms with van der Waals surface area (Å²) in [7, 11) is 0. The molecule has 5 rings (SSSR count). The van der Waals surface area contributed by atoms with Gasteiger partial charge in [0, 0.05) is 41.2 Å². The molecule has 1 aliphatic carbocycles. The van der Waals surface area contributed by atoms with Crippen LogP contribution in [0.25, 0.3) is 20.7 Å². The lowest BCUT2D eigenvalue weighted by molar-refractivity contribution is 0.0951. The van der Waals surface area contributed by atoms with Crippen molar-refractivity contribution in [3.8, 4) is 10.4 Å². The lowest BCUT2D eigenvalue weighted by atomic mass is 10.0. The van der Waals surface area contributed by atoms with Crippen molar-refractivity contribution in [2.45, 2.75) is 44.8 Å². The monoisotopic (exact) mass is 408 g/mol. The minimum atomic E-state index is 0.00951. The van der Waals surface area contributed by atoms with E-state index in [1.165, 1.54) is 0 Å². The number of aryl methyl sites for hydroxylation is 1. The Balaban J connectivity index is 1.38.